The zero-order chi connectivity index (χ0) is 20.3. The molecule has 0 bridgehead atoms. The average Bonchev–Trinajstić information content (AvgIpc) is 2.89. The maximum absolute atomic E-state index is 12.6. The highest BCUT2D eigenvalue weighted by Gasteiger charge is 2.15. The summed E-state index contributed by atoms with van der Waals surface area (Å²) in [7, 11) is 1.58. The van der Waals surface area contributed by atoms with Gasteiger partial charge in [0.15, 0.2) is 0 Å². The number of nitrogens with zero attached hydrogens (tertiary/aromatic N) is 2. The molecular weight excluding hydrogens is 352 g/mol. The van der Waals surface area contributed by atoms with Crippen LogP contribution in [0.4, 0.5) is 16.2 Å². The Hall–Kier alpha value is -3.28. The van der Waals surface area contributed by atoms with Crippen molar-refractivity contribution in [2.45, 2.75) is 34.2 Å². The zero-order valence-electron chi connectivity index (χ0n) is 17.0. The summed E-state index contributed by atoms with van der Waals surface area (Å²) in [5.74, 6) is 0.615. The van der Waals surface area contributed by atoms with Crippen LogP contribution in [0, 0.1) is 27.7 Å². The number of carbonyl (C=O) groups excluding carboxylic acids is 1. The molecule has 0 saturated heterocycles. The minimum absolute atomic E-state index is 0.329. The first-order valence-corrected chi connectivity index (χ1v) is 9.19. The summed E-state index contributed by atoms with van der Waals surface area (Å²) in [5, 5.41) is 10.4. The summed E-state index contributed by atoms with van der Waals surface area (Å²) in [6.45, 7) is 8.54. The smallest absolute Gasteiger partial charge is 0.323 e. The van der Waals surface area contributed by atoms with Gasteiger partial charge in [-0.3, -0.25) is 4.68 Å². The van der Waals surface area contributed by atoms with Crippen LogP contribution in [0.2, 0.25) is 0 Å². The molecule has 2 N–H and O–H groups in total. The normalized spacial score (nSPS) is 10.6. The van der Waals surface area contributed by atoms with Crippen LogP contribution in [0.3, 0.4) is 0 Å². The van der Waals surface area contributed by atoms with E-state index in [2.05, 4.69) is 40.9 Å². The SMILES string of the molecule is COc1ccc(C)cc1NC(=O)Nc1c(C)nn(Cc2cccc(C)c2)c1C. The van der Waals surface area contributed by atoms with E-state index >= 15 is 0 Å². The van der Waals surface area contributed by atoms with Crippen LogP contribution in [0.1, 0.15) is 28.1 Å². The molecule has 0 spiro atoms. The minimum atomic E-state index is -0.329. The van der Waals surface area contributed by atoms with Crippen molar-refractivity contribution >= 4 is 17.4 Å². The predicted molar refractivity (Wildman–Crippen MR) is 112 cm³/mol. The van der Waals surface area contributed by atoms with E-state index < -0.39 is 0 Å². The highest BCUT2D eigenvalue weighted by Crippen LogP contribution is 2.26. The minimum Gasteiger partial charge on any atom is -0.495 e. The monoisotopic (exact) mass is 378 g/mol. The fourth-order valence-electron chi connectivity index (χ4n) is 3.20. The van der Waals surface area contributed by atoms with E-state index in [0.29, 0.717) is 18.0 Å². The Kier molecular flexibility index (Phi) is 5.68. The number of anilines is 2. The molecule has 1 aromatic heterocycles. The number of hydrogen-bond donors (Lipinski definition) is 2. The molecule has 1 heterocycles. The first-order valence-electron chi connectivity index (χ1n) is 9.19. The number of benzene rings is 2. The number of urea groups is 1. The van der Waals surface area contributed by atoms with Gasteiger partial charge < -0.3 is 15.4 Å². The number of aryl methyl sites for hydroxylation is 3. The van der Waals surface area contributed by atoms with Crippen molar-refractivity contribution < 1.29 is 9.53 Å². The summed E-state index contributed by atoms with van der Waals surface area (Å²) in [6, 6.07) is 13.6. The maximum atomic E-state index is 12.6. The molecule has 28 heavy (non-hydrogen) atoms. The number of ether oxygens (including phenoxy) is 1. The number of rotatable bonds is 5. The highest BCUT2D eigenvalue weighted by atomic mass is 16.5. The van der Waals surface area contributed by atoms with E-state index in [1.807, 2.05) is 49.7 Å². The van der Waals surface area contributed by atoms with Crippen LogP contribution < -0.4 is 15.4 Å². The van der Waals surface area contributed by atoms with Crippen LogP contribution >= 0.6 is 0 Å². The van der Waals surface area contributed by atoms with Crippen molar-refractivity contribution in [3.8, 4) is 5.75 Å². The lowest BCUT2D eigenvalue weighted by Crippen LogP contribution is -2.20. The molecular formula is C22H26N4O2. The lowest BCUT2D eigenvalue weighted by Gasteiger charge is -2.12. The second-order valence-corrected chi connectivity index (χ2v) is 6.98. The Morgan fingerprint density at radius 2 is 1.79 bits per heavy atom. The van der Waals surface area contributed by atoms with Gasteiger partial charge in [-0.2, -0.15) is 5.10 Å². The molecule has 0 aliphatic carbocycles. The fourth-order valence-corrected chi connectivity index (χ4v) is 3.20. The average molecular weight is 378 g/mol. The third kappa shape index (κ3) is 4.34. The molecule has 2 aromatic carbocycles. The molecule has 3 aromatic rings. The summed E-state index contributed by atoms with van der Waals surface area (Å²) in [4.78, 5) is 12.6. The van der Waals surface area contributed by atoms with Gasteiger partial charge in [0, 0.05) is 0 Å². The van der Waals surface area contributed by atoms with Gasteiger partial charge in [-0.15, -0.1) is 0 Å². The van der Waals surface area contributed by atoms with E-state index in [-0.39, 0.29) is 6.03 Å². The van der Waals surface area contributed by atoms with Gasteiger partial charge in [0.05, 0.1) is 36.4 Å². The largest absolute Gasteiger partial charge is 0.495 e. The third-order valence-corrected chi connectivity index (χ3v) is 4.64. The Balaban J connectivity index is 1.77. The summed E-state index contributed by atoms with van der Waals surface area (Å²) in [6.07, 6.45) is 0. The van der Waals surface area contributed by atoms with E-state index in [0.717, 1.165) is 22.6 Å². The quantitative estimate of drug-likeness (QED) is 0.669. The van der Waals surface area contributed by atoms with Crippen LogP contribution in [0.25, 0.3) is 0 Å². The van der Waals surface area contributed by atoms with Crippen LogP contribution in [0.5, 0.6) is 5.75 Å². The lowest BCUT2D eigenvalue weighted by molar-refractivity contribution is 0.262. The van der Waals surface area contributed by atoms with Crippen LogP contribution in [0.15, 0.2) is 42.5 Å². The second-order valence-electron chi connectivity index (χ2n) is 6.98. The van der Waals surface area contributed by atoms with Gasteiger partial charge >= 0.3 is 6.03 Å². The Labute approximate surface area is 165 Å². The lowest BCUT2D eigenvalue weighted by atomic mass is 10.1. The molecule has 0 unspecified atom stereocenters. The fraction of sp³-hybridized carbons (Fsp3) is 0.273. The second kappa shape index (κ2) is 8.17. The molecule has 0 atom stereocenters. The summed E-state index contributed by atoms with van der Waals surface area (Å²) < 4.78 is 7.23. The van der Waals surface area contributed by atoms with Crippen molar-refractivity contribution in [1.82, 2.24) is 9.78 Å². The topological polar surface area (TPSA) is 68.2 Å². The Morgan fingerprint density at radius 1 is 1.04 bits per heavy atom. The summed E-state index contributed by atoms with van der Waals surface area (Å²) in [5.41, 5.74) is 6.45. The first kappa shape index (κ1) is 19.5. The van der Waals surface area contributed by atoms with Crippen LogP contribution in [-0.4, -0.2) is 22.9 Å². The van der Waals surface area contributed by atoms with E-state index in [9.17, 15) is 4.79 Å². The molecule has 0 radical (unpaired) electrons. The molecule has 6 nitrogen and oxygen atoms in total. The van der Waals surface area contributed by atoms with Crippen molar-refractivity contribution in [2.75, 3.05) is 17.7 Å². The molecule has 146 valence electrons. The molecule has 0 aliphatic heterocycles. The standard InChI is InChI=1S/C22H26N4O2/c1-14-7-6-8-18(11-14)13-26-17(4)21(16(3)25-26)24-22(27)23-19-12-15(2)9-10-20(19)28-5/h6-12H,13H2,1-5H3,(H2,23,24,27). The molecule has 0 aliphatic rings. The molecule has 0 saturated carbocycles. The van der Waals surface area contributed by atoms with Gasteiger partial charge in [-0.25, -0.2) is 4.79 Å². The Bertz CT molecular complexity index is 1010. The van der Waals surface area contributed by atoms with Gasteiger partial charge in [0.2, 0.25) is 0 Å². The van der Waals surface area contributed by atoms with Gasteiger partial charge in [0.25, 0.3) is 0 Å². The van der Waals surface area contributed by atoms with Crippen molar-refractivity contribution in [2.24, 2.45) is 0 Å². The van der Waals surface area contributed by atoms with Crippen molar-refractivity contribution in [1.29, 1.82) is 0 Å². The van der Waals surface area contributed by atoms with E-state index in [1.54, 1.807) is 7.11 Å². The Morgan fingerprint density at radius 3 is 2.50 bits per heavy atom. The van der Waals surface area contributed by atoms with Gasteiger partial charge in [-0.05, 0) is 51.0 Å². The number of hydrogen-bond acceptors (Lipinski definition) is 3. The molecule has 3 rings (SSSR count). The van der Waals surface area contributed by atoms with E-state index in [4.69, 9.17) is 4.74 Å². The van der Waals surface area contributed by atoms with E-state index in [1.165, 1.54) is 11.1 Å². The summed E-state index contributed by atoms with van der Waals surface area (Å²) >= 11 is 0. The predicted octanol–water partition coefficient (Wildman–Crippen LogP) is 4.82. The van der Waals surface area contributed by atoms with Gasteiger partial charge in [-0.1, -0.05) is 35.9 Å². The first-order chi connectivity index (χ1) is 13.4. The number of aromatic nitrogens is 2. The third-order valence-electron chi connectivity index (χ3n) is 4.64. The highest BCUT2D eigenvalue weighted by molar-refractivity contribution is 6.01. The van der Waals surface area contributed by atoms with Crippen LogP contribution in [-0.2, 0) is 6.54 Å². The number of carbonyl (C=O) groups is 1. The van der Waals surface area contributed by atoms with Crippen molar-refractivity contribution in [3.05, 3.63) is 70.5 Å². The zero-order valence-corrected chi connectivity index (χ0v) is 17.0. The number of nitrogens with one attached hydrogen (secondary N) is 2. The molecule has 2 amide bonds. The number of methoxy groups -OCH3 is 1. The van der Waals surface area contributed by atoms with Crippen molar-refractivity contribution in [3.63, 3.8) is 0 Å². The number of amides is 2. The van der Waals surface area contributed by atoms with Gasteiger partial charge in [0.1, 0.15) is 5.75 Å². The molecule has 6 heteroatoms. The molecule has 0 fully saturated rings. The maximum Gasteiger partial charge on any atom is 0.323 e.